The number of methoxy groups -OCH3 is 2. The molecule has 8 nitrogen and oxygen atoms in total. The first kappa shape index (κ1) is 17.8. The van der Waals surface area contributed by atoms with Crippen molar-refractivity contribution in [2.45, 2.75) is 30.0 Å². The summed E-state index contributed by atoms with van der Waals surface area (Å²) in [5.41, 5.74) is 1.75. The smallest absolute Gasteiger partial charge is 0.434 e. The van der Waals surface area contributed by atoms with Crippen LogP contribution in [0.25, 0.3) is 0 Å². The van der Waals surface area contributed by atoms with Crippen LogP contribution < -0.4 is 20.0 Å². The van der Waals surface area contributed by atoms with Gasteiger partial charge in [0.15, 0.2) is 0 Å². The maximum Gasteiger partial charge on any atom is 0.434 e. The molecule has 0 saturated heterocycles. The van der Waals surface area contributed by atoms with E-state index in [0.717, 1.165) is 11.1 Å². The predicted octanol–water partition coefficient (Wildman–Crippen LogP) is 2.17. The molecule has 5 rings (SSSR count). The Hall–Kier alpha value is -3.26. The van der Waals surface area contributed by atoms with Gasteiger partial charge in [-0.1, -0.05) is 30.3 Å². The van der Waals surface area contributed by atoms with Gasteiger partial charge < -0.3 is 23.7 Å². The van der Waals surface area contributed by atoms with Gasteiger partial charge in [-0.25, -0.2) is 9.89 Å². The van der Waals surface area contributed by atoms with Gasteiger partial charge >= 0.3 is 5.76 Å². The lowest BCUT2D eigenvalue weighted by molar-refractivity contribution is 0.125. The van der Waals surface area contributed by atoms with Crippen molar-refractivity contribution >= 4 is 0 Å². The van der Waals surface area contributed by atoms with Crippen LogP contribution in [0.15, 0.2) is 51.7 Å². The lowest BCUT2D eigenvalue weighted by Crippen LogP contribution is -2.22. The molecule has 0 amide bonds. The molecule has 1 saturated carbocycles. The topological polar surface area (TPSA) is 107 Å². The van der Waals surface area contributed by atoms with E-state index in [1.807, 2.05) is 30.3 Å². The summed E-state index contributed by atoms with van der Waals surface area (Å²) in [5, 5.41) is 17.7. The number of nitrogens with one attached hydrogen (secondary N) is 1. The lowest BCUT2D eigenvalue weighted by atomic mass is 9.87. The van der Waals surface area contributed by atoms with Gasteiger partial charge in [0.05, 0.1) is 32.2 Å². The highest BCUT2D eigenvalue weighted by Gasteiger charge is 2.59. The Morgan fingerprint density at radius 2 is 1.86 bits per heavy atom. The molecule has 2 N–H and O–H groups in total. The molecule has 0 spiro atoms. The van der Waals surface area contributed by atoms with Crippen LogP contribution in [0, 0.1) is 0 Å². The minimum Gasteiger partial charge on any atom is -0.496 e. The number of aliphatic hydroxyl groups excluding tert-OH is 1. The van der Waals surface area contributed by atoms with E-state index in [4.69, 9.17) is 18.6 Å². The van der Waals surface area contributed by atoms with Gasteiger partial charge in [-0.05, 0) is 5.56 Å². The number of aromatic amines is 1. The van der Waals surface area contributed by atoms with Crippen molar-refractivity contribution in [3.8, 4) is 17.2 Å². The fourth-order valence-corrected chi connectivity index (χ4v) is 4.73. The van der Waals surface area contributed by atoms with Crippen LogP contribution in [-0.4, -0.2) is 41.7 Å². The number of aromatic nitrogens is 2. The summed E-state index contributed by atoms with van der Waals surface area (Å²) < 4.78 is 22.5. The molecule has 29 heavy (non-hydrogen) atoms. The van der Waals surface area contributed by atoms with E-state index < -0.39 is 17.8 Å². The number of ether oxygens (including phenoxy) is 3. The fourth-order valence-electron chi connectivity index (χ4n) is 4.73. The Kier molecular flexibility index (Phi) is 4.09. The summed E-state index contributed by atoms with van der Waals surface area (Å²) in [5.74, 6) is 0.143. The number of aliphatic hydroxyl groups is 1. The average Bonchev–Trinajstić information content (AvgIpc) is 3.41. The van der Waals surface area contributed by atoms with Crippen molar-refractivity contribution in [3.63, 3.8) is 0 Å². The molecule has 0 radical (unpaired) electrons. The average molecular weight is 396 g/mol. The van der Waals surface area contributed by atoms with Crippen LogP contribution in [0.1, 0.15) is 34.8 Å². The van der Waals surface area contributed by atoms with E-state index in [1.54, 1.807) is 26.4 Å². The zero-order valence-electron chi connectivity index (χ0n) is 15.9. The summed E-state index contributed by atoms with van der Waals surface area (Å²) in [6, 6.07) is 13.3. The number of fused-ring (bicyclic) bond motifs is 3. The van der Waals surface area contributed by atoms with Crippen molar-refractivity contribution in [2.75, 3.05) is 14.2 Å². The van der Waals surface area contributed by atoms with Crippen molar-refractivity contribution in [1.82, 2.24) is 10.2 Å². The quantitative estimate of drug-likeness (QED) is 0.696. The molecule has 5 atom stereocenters. The molecule has 1 aromatic heterocycles. The monoisotopic (exact) mass is 396 g/mol. The Morgan fingerprint density at radius 3 is 2.52 bits per heavy atom. The van der Waals surface area contributed by atoms with E-state index in [9.17, 15) is 9.90 Å². The minimum atomic E-state index is -0.889. The van der Waals surface area contributed by atoms with Crippen LogP contribution in [-0.2, 0) is 0 Å². The summed E-state index contributed by atoms with van der Waals surface area (Å²) in [4.78, 5) is 11.6. The highest BCUT2D eigenvalue weighted by atomic mass is 16.5. The van der Waals surface area contributed by atoms with E-state index in [0.29, 0.717) is 17.2 Å². The van der Waals surface area contributed by atoms with Crippen molar-refractivity contribution in [1.29, 1.82) is 0 Å². The second-order valence-electron chi connectivity index (χ2n) is 7.25. The molecule has 1 aliphatic heterocycles. The SMILES string of the molecule is COc1cc(OC)c2c(c1)OC1C2C(O)C(c2n[nH]c(=O)o2)[C@H]1c1ccccc1. The second-order valence-corrected chi connectivity index (χ2v) is 7.25. The van der Waals surface area contributed by atoms with E-state index in [1.165, 1.54) is 0 Å². The van der Waals surface area contributed by atoms with Gasteiger partial charge in [-0.15, -0.1) is 5.10 Å². The zero-order valence-corrected chi connectivity index (χ0v) is 15.9. The third-order valence-electron chi connectivity index (χ3n) is 5.88. The number of H-pyrrole nitrogens is 1. The molecule has 8 heteroatoms. The van der Waals surface area contributed by atoms with Gasteiger partial charge in [0.1, 0.15) is 23.4 Å². The van der Waals surface area contributed by atoms with Gasteiger partial charge in [-0.3, -0.25) is 0 Å². The van der Waals surface area contributed by atoms with Gasteiger partial charge in [0, 0.05) is 23.6 Å². The van der Waals surface area contributed by atoms with Crippen molar-refractivity contribution in [2.24, 2.45) is 0 Å². The van der Waals surface area contributed by atoms with Crippen molar-refractivity contribution in [3.05, 3.63) is 70.0 Å². The number of rotatable bonds is 4. The first-order valence-corrected chi connectivity index (χ1v) is 9.33. The summed E-state index contributed by atoms with van der Waals surface area (Å²) >= 11 is 0. The van der Waals surface area contributed by atoms with Crippen LogP contribution in [0.2, 0.25) is 0 Å². The first-order chi connectivity index (χ1) is 14.1. The number of hydrogen-bond donors (Lipinski definition) is 2. The van der Waals surface area contributed by atoms with Gasteiger partial charge in [0.2, 0.25) is 5.89 Å². The molecule has 2 aliphatic rings. The third kappa shape index (κ3) is 2.63. The Bertz CT molecular complexity index is 1090. The lowest BCUT2D eigenvalue weighted by Gasteiger charge is -2.23. The predicted molar refractivity (Wildman–Crippen MR) is 102 cm³/mol. The molecule has 150 valence electrons. The highest BCUT2D eigenvalue weighted by molar-refractivity contribution is 5.58. The fraction of sp³-hybridized carbons (Fsp3) is 0.333. The van der Waals surface area contributed by atoms with Gasteiger partial charge in [0.25, 0.3) is 0 Å². The van der Waals surface area contributed by atoms with Crippen molar-refractivity contribution < 1.29 is 23.7 Å². The molecule has 1 aliphatic carbocycles. The highest BCUT2D eigenvalue weighted by Crippen LogP contribution is 2.60. The summed E-state index contributed by atoms with van der Waals surface area (Å²) in [7, 11) is 3.15. The largest absolute Gasteiger partial charge is 0.496 e. The second kappa shape index (κ2) is 6.66. The molecular weight excluding hydrogens is 376 g/mol. The molecule has 2 aromatic carbocycles. The minimum absolute atomic E-state index is 0.170. The Labute approximate surface area is 166 Å². The summed E-state index contributed by atoms with van der Waals surface area (Å²) in [6.45, 7) is 0. The standard InChI is InChI=1S/C21H20N2O6/c1-26-11-8-12(27-2)15-13(9-11)28-19-14(10-6-4-3-5-7-10)17(18(24)16(15)19)20-22-23-21(25)29-20/h3-9,14,16-19,24H,1-2H3,(H,23,25)/t14-,16?,17?,18?,19?/m1/s1. The maximum absolute atomic E-state index is 11.6. The first-order valence-electron chi connectivity index (χ1n) is 9.33. The molecule has 0 bridgehead atoms. The van der Waals surface area contributed by atoms with Crippen LogP contribution in [0.3, 0.4) is 0 Å². The number of benzene rings is 2. The normalized spacial score (nSPS) is 27.2. The Balaban J connectivity index is 1.67. The summed E-state index contributed by atoms with van der Waals surface area (Å²) in [6.07, 6.45) is -1.27. The van der Waals surface area contributed by atoms with Gasteiger partial charge in [-0.2, -0.15) is 0 Å². The molecular formula is C21H20N2O6. The van der Waals surface area contributed by atoms with Crippen LogP contribution in [0.4, 0.5) is 0 Å². The number of hydrogen-bond acceptors (Lipinski definition) is 7. The molecule has 2 heterocycles. The van der Waals surface area contributed by atoms with Crippen LogP contribution >= 0.6 is 0 Å². The van der Waals surface area contributed by atoms with Crippen LogP contribution in [0.5, 0.6) is 17.2 Å². The van der Waals surface area contributed by atoms with E-state index >= 15 is 0 Å². The third-order valence-corrected chi connectivity index (χ3v) is 5.88. The van der Waals surface area contributed by atoms with E-state index in [2.05, 4.69) is 10.2 Å². The Morgan fingerprint density at radius 1 is 1.07 bits per heavy atom. The molecule has 4 unspecified atom stereocenters. The molecule has 1 fully saturated rings. The zero-order chi connectivity index (χ0) is 20.1. The van der Waals surface area contributed by atoms with E-state index in [-0.39, 0.29) is 23.8 Å². The maximum atomic E-state index is 11.6. The number of nitrogens with zero attached hydrogens (tertiary/aromatic N) is 1. The molecule has 3 aromatic rings.